The van der Waals surface area contributed by atoms with Crippen molar-refractivity contribution in [1.82, 2.24) is 5.32 Å². The minimum absolute atomic E-state index is 0.0235. The van der Waals surface area contributed by atoms with Gasteiger partial charge in [0.25, 0.3) is 0 Å². The molecule has 4 nitrogen and oxygen atoms in total. The first-order valence-electron chi connectivity index (χ1n) is 6.80. The topological polar surface area (TPSA) is 39.7 Å². The standard InChI is InChI=1S/C12H29NO3Si/c1-6-10-14-17(9-4,15-11-7-2)16-12(8-3)13-5/h12-13H,6-11H2,1-5H3. The summed E-state index contributed by atoms with van der Waals surface area (Å²) < 4.78 is 17.9. The van der Waals surface area contributed by atoms with Crippen LogP contribution in [0.5, 0.6) is 0 Å². The van der Waals surface area contributed by atoms with Crippen LogP contribution in [0.25, 0.3) is 0 Å². The molecule has 104 valence electrons. The normalized spacial score (nSPS) is 13.9. The Morgan fingerprint density at radius 3 is 1.82 bits per heavy atom. The minimum Gasteiger partial charge on any atom is -0.373 e. The second kappa shape index (κ2) is 10.0. The summed E-state index contributed by atoms with van der Waals surface area (Å²) in [6, 6.07) is 0.825. The van der Waals surface area contributed by atoms with Crippen LogP contribution < -0.4 is 5.32 Å². The van der Waals surface area contributed by atoms with E-state index in [9.17, 15) is 0 Å². The zero-order valence-corrected chi connectivity index (χ0v) is 13.0. The zero-order chi connectivity index (χ0) is 13.1. The Balaban J connectivity index is 4.51. The van der Waals surface area contributed by atoms with E-state index in [0.29, 0.717) is 13.2 Å². The highest BCUT2D eigenvalue weighted by molar-refractivity contribution is 6.60. The van der Waals surface area contributed by atoms with E-state index in [1.807, 2.05) is 7.05 Å². The highest BCUT2D eigenvalue weighted by atomic mass is 28.4. The van der Waals surface area contributed by atoms with Gasteiger partial charge in [0.15, 0.2) is 0 Å². The fourth-order valence-electron chi connectivity index (χ4n) is 1.48. The van der Waals surface area contributed by atoms with E-state index in [-0.39, 0.29) is 6.23 Å². The highest BCUT2D eigenvalue weighted by Gasteiger charge is 2.40. The quantitative estimate of drug-likeness (QED) is 0.459. The highest BCUT2D eigenvalue weighted by Crippen LogP contribution is 2.18. The molecule has 1 unspecified atom stereocenters. The molecule has 0 aromatic rings. The molecule has 0 aromatic heterocycles. The van der Waals surface area contributed by atoms with Crippen LogP contribution in [0, 0.1) is 0 Å². The van der Waals surface area contributed by atoms with Gasteiger partial charge in [0.05, 0.1) is 0 Å². The van der Waals surface area contributed by atoms with Crippen LogP contribution in [0.1, 0.15) is 47.0 Å². The van der Waals surface area contributed by atoms with Gasteiger partial charge in [0.2, 0.25) is 0 Å². The molecule has 1 atom stereocenters. The van der Waals surface area contributed by atoms with E-state index < -0.39 is 8.80 Å². The largest absolute Gasteiger partial charge is 0.501 e. The molecule has 0 heterocycles. The van der Waals surface area contributed by atoms with Crippen LogP contribution in [-0.4, -0.2) is 35.3 Å². The number of hydrogen-bond donors (Lipinski definition) is 1. The Bertz CT molecular complexity index is 169. The van der Waals surface area contributed by atoms with Crippen LogP contribution in [0.2, 0.25) is 6.04 Å². The average molecular weight is 263 g/mol. The first-order valence-corrected chi connectivity index (χ1v) is 8.74. The Morgan fingerprint density at radius 1 is 1.00 bits per heavy atom. The summed E-state index contributed by atoms with van der Waals surface area (Å²) in [7, 11) is -0.574. The lowest BCUT2D eigenvalue weighted by Gasteiger charge is -2.32. The molecule has 0 fully saturated rings. The molecule has 5 heteroatoms. The van der Waals surface area contributed by atoms with Crippen LogP contribution >= 0.6 is 0 Å². The SMILES string of the molecule is CCCO[Si](CC)(OCCC)OC(CC)NC. The van der Waals surface area contributed by atoms with Crippen LogP contribution in [-0.2, 0) is 13.3 Å². The third kappa shape index (κ3) is 6.52. The van der Waals surface area contributed by atoms with Crippen molar-refractivity contribution in [3.8, 4) is 0 Å². The molecule has 0 rings (SSSR count). The molecular formula is C12H29NO3Si. The van der Waals surface area contributed by atoms with Gasteiger partial charge in [-0.3, -0.25) is 5.32 Å². The van der Waals surface area contributed by atoms with Crippen molar-refractivity contribution >= 4 is 8.80 Å². The van der Waals surface area contributed by atoms with Crippen molar-refractivity contribution in [3.05, 3.63) is 0 Å². The van der Waals surface area contributed by atoms with Crippen molar-refractivity contribution in [1.29, 1.82) is 0 Å². The van der Waals surface area contributed by atoms with Gasteiger partial charge in [-0.25, -0.2) is 0 Å². The molecule has 17 heavy (non-hydrogen) atoms. The van der Waals surface area contributed by atoms with Gasteiger partial charge in [-0.15, -0.1) is 0 Å². The van der Waals surface area contributed by atoms with Gasteiger partial charge in [0.1, 0.15) is 6.23 Å². The monoisotopic (exact) mass is 263 g/mol. The van der Waals surface area contributed by atoms with Gasteiger partial charge in [-0.05, 0) is 26.3 Å². The molecule has 0 aromatic carbocycles. The molecule has 0 radical (unpaired) electrons. The molecule has 0 spiro atoms. The Kier molecular flexibility index (Phi) is 10.1. The number of nitrogens with one attached hydrogen (secondary N) is 1. The predicted molar refractivity (Wildman–Crippen MR) is 72.9 cm³/mol. The molecular weight excluding hydrogens is 234 g/mol. The van der Waals surface area contributed by atoms with E-state index in [0.717, 1.165) is 25.3 Å². The Labute approximate surface area is 107 Å². The first-order chi connectivity index (χ1) is 8.17. The molecule has 0 aliphatic carbocycles. The zero-order valence-electron chi connectivity index (χ0n) is 12.0. The summed E-state index contributed by atoms with van der Waals surface area (Å²) in [5.74, 6) is 0. The molecule has 0 saturated carbocycles. The van der Waals surface area contributed by atoms with E-state index in [1.54, 1.807) is 0 Å². The van der Waals surface area contributed by atoms with E-state index >= 15 is 0 Å². The van der Waals surface area contributed by atoms with Gasteiger partial charge >= 0.3 is 8.80 Å². The lowest BCUT2D eigenvalue weighted by atomic mass is 10.4. The first kappa shape index (κ1) is 17.1. The predicted octanol–water partition coefficient (Wildman–Crippen LogP) is 2.77. The summed E-state index contributed by atoms with van der Waals surface area (Å²) in [5.41, 5.74) is 0. The molecule has 1 N–H and O–H groups in total. The van der Waals surface area contributed by atoms with Crippen molar-refractivity contribution in [2.24, 2.45) is 0 Å². The maximum Gasteiger partial charge on any atom is 0.501 e. The molecule has 0 saturated heterocycles. The van der Waals surface area contributed by atoms with Crippen molar-refractivity contribution in [3.63, 3.8) is 0 Å². The van der Waals surface area contributed by atoms with Gasteiger partial charge < -0.3 is 13.3 Å². The van der Waals surface area contributed by atoms with Gasteiger partial charge in [-0.2, -0.15) is 0 Å². The summed E-state index contributed by atoms with van der Waals surface area (Å²) in [6.45, 7) is 9.80. The van der Waals surface area contributed by atoms with Crippen LogP contribution in [0.4, 0.5) is 0 Å². The second-order valence-electron chi connectivity index (χ2n) is 4.04. The molecule has 0 bridgehead atoms. The third-order valence-corrected chi connectivity index (χ3v) is 5.30. The second-order valence-corrected chi connectivity index (χ2v) is 6.92. The molecule has 0 aliphatic rings. The lowest BCUT2D eigenvalue weighted by molar-refractivity contribution is 0.0167. The van der Waals surface area contributed by atoms with Gasteiger partial charge in [0, 0.05) is 19.3 Å². The van der Waals surface area contributed by atoms with Crippen molar-refractivity contribution < 1.29 is 13.3 Å². The summed E-state index contributed by atoms with van der Waals surface area (Å²) in [6.07, 6.45) is 2.92. The van der Waals surface area contributed by atoms with Crippen molar-refractivity contribution in [2.45, 2.75) is 59.2 Å². The van der Waals surface area contributed by atoms with Crippen LogP contribution in [0.3, 0.4) is 0 Å². The smallest absolute Gasteiger partial charge is 0.373 e. The summed E-state index contributed by atoms with van der Waals surface area (Å²) in [4.78, 5) is 0. The fraction of sp³-hybridized carbons (Fsp3) is 1.00. The van der Waals surface area contributed by atoms with Gasteiger partial charge in [-0.1, -0.05) is 27.7 Å². The maximum absolute atomic E-state index is 6.07. The average Bonchev–Trinajstić information content (AvgIpc) is 2.38. The van der Waals surface area contributed by atoms with E-state index in [1.165, 1.54) is 0 Å². The Morgan fingerprint density at radius 2 is 1.53 bits per heavy atom. The van der Waals surface area contributed by atoms with Crippen molar-refractivity contribution in [2.75, 3.05) is 20.3 Å². The van der Waals surface area contributed by atoms with E-state index in [2.05, 4.69) is 33.0 Å². The Hall–Kier alpha value is 0.0569. The minimum atomic E-state index is -2.48. The molecule has 0 amide bonds. The summed E-state index contributed by atoms with van der Waals surface area (Å²) >= 11 is 0. The third-order valence-electron chi connectivity index (χ3n) is 2.50. The van der Waals surface area contributed by atoms with Crippen LogP contribution in [0.15, 0.2) is 0 Å². The molecule has 0 aliphatic heterocycles. The fourth-order valence-corrected chi connectivity index (χ4v) is 4.02. The maximum atomic E-state index is 6.07. The number of hydrogen-bond acceptors (Lipinski definition) is 4. The number of rotatable bonds is 11. The lowest BCUT2D eigenvalue weighted by Crippen LogP contribution is -2.50. The van der Waals surface area contributed by atoms with E-state index in [4.69, 9.17) is 13.3 Å². The summed E-state index contributed by atoms with van der Waals surface area (Å²) in [5, 5.41) is 3.15.